The molecule has 0 fully saturated rings. The van der Waals surface area contributed by atoms with Gasteiger partial charge in [-0.05, 0) is 52.2 Å². The molecule has 0 unspecified atom stereocenters. The summed E-state index contributed by atoms with van der Waals surface area (Å²) >= 11 is 5.68. The van der Waals surface area contributed by atoms with Crippen molar-refractivity contribution in [3.63, 3.8) is 0 Å². The van der Waals surface area contributed by atoms with E-state index in [0.29, 0.717) is 17.1 Å². The van der Waals surface area contributed by atoms with Crippen LogP contribution in [-0.4, -0.2) is 32.1 Å². The van der Waals surface area contributed by atoms with Gasteiger partial charge in [-0.15, -0.1) is 0 Å². The van der Waals surface area contributed by atoms with E-state index >= 15 is 0 Å². The molecule has 0 aliphatic rings. The molecule has 17 heavy (non-hydrogen) atoms. The van der Waals surface area contributed by atoms with E-state index in [4.69, 9.17) is 11.6 Å². The maximum absolute atomic E-state index is 13.4. The van der Waals surface area contributed by atoms with Gasteiger partial charge < -0.3 is 10.2 Å². The van der Waals surface area contributed by atoms with Crippen molar-refractivity contribution >= 4 is 11.6 Å². The average Bonchev–Trinajstić information content (AvgIpc) is 2.25. The normalized spacial score (nSPS) is 11.1. The first kappa shape index (κ1) is 14.4. The highest BCUT2D eigenvalue weighted by atomic mass is 35.5. The quantitative estimate of drug-likeness (QED) is 0.757. The third kappa shape index (κ3) is 6.01. The molecule has 0 saturated heterocycles. The van der Waals surface area contributed by atoms with Gasteiger partial charge in [-0.25, -0.2) is 4.39 Å². The smallest absolute Gasteiger partial charge is 0.129 e. The van der Waals surface area contributed by atoms with Gasteiger partial charge in [0, 0.05) is 17.1 Å². The van der Waals surface area contributed by atoms with Crippen LogP contribution in [0.15, 0.2) is 18.2 Å². The molecule has 4 heteroatoms. The van der Waals surface area contributed by atoms with Gasteiger partial charge in [-0.1, -0.05) is 17.7 Å². The molecule has 1 N–H and O–H groups in total. The number of hydrogen-bond acceptors (Lipinski definition) is 2. The fourth-order valence-corrected chi connectivity index (χ4v) is 1.72. The van der Waals surface area contributed by atoms with Crippen molar-refractivity contribution in [2.45, 2.75) is 19.4 Å². The Hall–Kier alpha value is -0.640. The van der Waals surface area contributed by atoms with E-state index in [1.807, 2.05) is 0 Å². The lowest BCUT2D eigenvalue weighted by molar-refractivity contribution is 0.391. The molecule has 0 amide bonds. The van der Waals surface area contributed by atoms with Gasteiger partial charge >= 0.3 is 0 Å². The van der Waals surface area contributed by atoms with Gasteiger partial charge in [0.25, 0.3) is 0 Å². The van der Waals surface area contributed by atoms with E-state index in [1.54, 1.807) is 12.1 Å². The molecule has 1 aromatic rings. The number of unbranched alkanes of at least 4 members (excludes halogenated alkanes) is 1. The van der Waals surface area contributed by atoms with Crippen LogP contribution in [0, 0.1) is 5.82 Å². The lowest BCUT2D eigenvalue weighted by atomic mass is 10.2. The number of rotatable bonds is 7. The number of halogens is 2. The topological polar surface area (TPSA) is 15.3 Å². The molecular weight excluding hydrogens is 239 g/mol. The first-order chi connectivity index (χ1) is 8.09. The van der Waals surface area contributed by atoms with E-state index < -0.39 is 0 Å². The third-order valence-corrected chi connectivity index (χ3v) is 2.77. The van der Waals surface area contributed by atoms with Crippen LogP contribution in [0.5, 0.6) is 0 Å². The van der Waals surface area contributed by atoms with Gasteiger partial charge in [0.05, 0.1) is 0 Å². The third-order valence-electron chi connectivity index (χ3n) is 2.54. The fraction of sp³-hybridized carbons (Fsp3) is 0.538. The van der Waals surface area contributed by atoms with Gasteiger partial charge in [-0.2, -0.15) is 0 Å². The minimum atomic E-state index is -0.238. The van der Waals surface area contributed by atoms with Crippen molar-refractivity contribution in [2.24, 2.45) is 0 Å². The molecule has 96 valence electrons. The van der Waals surface area contributed by atoms with Crippen molar-refractivity contribution in [1.29, 1.82) is 0 Å². The molecule has 1 rings (SSSR count). The molecule has 0 aliphatic heterocycles. The predicted octanol–water partition coefficient (Wildman–Crippen LogP) is 2.91. The second kappa shape index (κ2) is 7.64. The summed E-state index contributed by atoms with van der Waals surface area (Å²) in [5.41, 5.74) is 0.669. The van der Waals surface area contributed by atoms with Crippen molar-refractivity contribution < 1.29 is 4.39 Å². The maximum atomic E-state index is 13.4. The predicted molar refractivity (Wildman–Crippen MR) is 70.9 cm³/mol. The molecule has 0 atom stereocenters. The molecule has 0 aliphatic carbocycles. The summed E-state index contributed by atoms with van der Waals surface area (Å²) in [6, 6.07) is 4.79. The Labute approximate surface area is 108 Å². The van der Waals surface area contributed by atoms with Crippen LogP contribution in [0.1, 0.15) is 18.4 Å². The minimum absolute atomic E-state index is 0.238. The Bertz CT molecular complexity index is 342. The van der Waals surface area contributed by atoms with E-state index in [2.05, 4.69) is 24.3 Å². The second-order valence-corrected chi connectivity index (χ2v) is 4.86. The van der Waals surface area contributed by atoms with Crippen LogP contribution < -0.4 is 5.32 Å². The van der Waals surface area contributed by atoms with E-state index in [1.165, 1.54) is 6.07 Å². The highest BCUT2D eigenvalue weighted by molar-refractivity contribution is 6.30. The molecule has 1 aromatic carbocycles. The standard InChI is InChI=1S/C13H20ClFN2/c1-17(2)8-4-3-7-16-10-11-5-6-12(14)9-13(11)15/h5-6,9,16H,3-4,7-8,10H2,1-2H3. The fourth-order valence-electron chi connectivity index (χ4n) is 1.57. The molecule has 0 aromatic heterocycles. The summed E-state index contributed by atoms with van der Waals surface area (Å²) in [4.78, 5) is 2.17. The zero-order valence-electron chi connectivity index (χ0n) is 10.5. The monoisotopic (exact) mass is 258 g/mol. The van der Waals surface area contributed by atoms with Crippen molar-refractivity contribution in [3.05, 3.63) is 34.6 Å². The summed E-state index contributed by atoms with van der Waals surface area (Å²) in [6.07, 6.45) is 2.26. The van der Waals surface area contributed by atoms with Crippen LogP contribution in [0.4, 0.5) is 4.39 Å². The van der Waals surface area contributed by atoms with Crippen molar-refractivity contribution in [3.8, 4) is 0 Å². The summed E-state index contributed by atoms with van der Waals surface area (Å²) in [5.74, 6) is -0.238. The van der Waals surface area contributed by atoms with E-state index in [-0.39, 0.29) is 5.82 Å². The summed E-state index contributed by atoms with van der Waals surface area (Å²) in [7, 11) is 4.13. The van der Waals surface area contributed by atoms with Crippen LogP contribution in [-0.2, 0) is 6.54 Å². The van der Waals surface area contributed by atoms with Gasteiger partial charge in [0.1, 0.15) is 5.82 Å². The van der Waals surface area contributed by atoms with Crippen LogP contribution in [0.2, 0.25) is 5.02 Å². The van der Waals surface area contributed by atoms with E-state index in [0.717, 1.165) is 25.9 Å². The summed E-state index contributed by atoms with van der Waals surface area (Å²) < 4.78 is 13.4. The Kier molecular flexibility index (Phi) is 6.48. The van der Waals surface area contributed by atoms with Crippen LogP contribution in [0.25, 0.3) is 0 Å². The zero-order valence-corrected chi connectivity index (χ0v) is 11.2. The number of benzene rings is 1. The minimum Gasteiger partial charge on any atom is -0.313 e. The van der Waals surface area contributed by atoms with Crippen LogP contribution >= 0.6 is 11.6 Å². The Morgan fingerprint density at radius 2 is 2.06 bits per heavy atom. The molecule has 0 saturated carbocycles. The van der Waals surface area contributed by atoms with E-state index in [9.17, 15) is 4.39 Å². The largest absolute Gasteiger partial charge is 0.313 e. The first-order valence-corrected chi connectivity index (χ1v) is 6.27. The highest BCUT2D eigenvalue weighted by Gasteiger charge is 2.01. The highest BCUT2D eigenvalue weighted by Crippen LogP contribution is 2.14. The molecule has 2 nitrogen and oxygen atoms in total. The van der Waals surface area contributed by atoms with Gasteiger partial charge in [0.2, 0.25) is 0 Å². The van der Waals surface area contributed by atoms with Crippen LogP contribution in [0.3, 0.4) is 0 Å². The molecule has 0 spiro atoms. The Morgan fingerprint density at radius 3 is 2.71 bits per heavy atom. The van der Waals surface area contributed by atoms with Crippen molar-refractivity contribution in [1.82, 2.24) is 10.2 Å². The van der Waals surface area contributed by atoms with Crippen molar-refractivity contribution in [2.75, 3.05) is 27.2 Å². The second-order valence-electron chi connectivity index (χ2n) is 4.42. The average molecular weight is 259 g/mol. The first-order valence-electron chi connectivity index (χ1n) is 5.89. The Balaban J connectivity index is 2.18. The summed E-state index contributed by atoms with van der Waals surface area (Å²) in [5, 5.41) is 3.68. The zero-order chi connectivity index (χ0) is 12.7. The molecular formula is C13H20ClFN2. The number of nitrogens with zero attached hydrogens (tertiary/aromatic N) is 1. The summed E-state index contributed by atoms with van der Waals surface area (Å²) in [6.45, 7) is 2.57. The lowest BCUT2D eigenvalue weighted by Gasteiger charge is -2.09. The van der Waals surface area contributed by atoms with Gasteiger partial charge in [0.15, 0.2) is 0 Å². The number of nitrogens with one attached hydrogen (secondary N) is 1. The maximum Gasteiger partial charge on any atom is 0.129 e. The molecule has 0 heterocycles. The number of hydrogen-bond donors (Lipinski definition) is 1. The molecule has 0 radical (unpaired) electrons. The molecule has 0 bridgehead atoms. The SMILES string of the molecule is CN(C)CCCCNCc1ccc(Cl)cc1F. The van der Waals surface area contributed by atoms with Gasteiger partial charge in [-0.3, -0.25) is 0 Å². The Morgan fingerprint density at radius 1 is 1.29 bits per heavy atom. The lowest BCUT2D eigenvalue weighted by Crippen LogP contribution is -2.18.